The highest BCUT2D eigenvalue weighted by atomic mass is 32.1. The average Bonchev–Trinajstić information content (AvgIpc) is 3.88. The molecular weight excluding hydrogens is 739 g/mol. The van der Waals surface area contributed by atoms with Crippen molar-refractivity contribution in [3.63, 3.8) is 0 Å². The number of furan rings is 1. The summed E-state index contributed by atoms with van der Waals surface area (Å²) in [5.41, 5.74) is 9.71. The van der Waals surface area contributed by atoms with E-state index in [0.29, 0.717) is 0 Å². The van der Waals surface area contributed by atoms with E-state index >= 15 is 0 Å². The van der Waals surface area contributed by atoms with Crippen molar-refractivity contribution in [3.05, 3.63) is 218 Å². The molecule has 11 rings (SSSR count). The molecule has 4 heteroatoms. The number of fused-ring (bicyclic) bond motifs is 6. The third kappa shape index (κ3) is 5.93. The maximum Gasteiger partial charge on any atom is 0.159 e. The van der Waals surface area contributed by atoms with E-state index in [-0.39, 0.29) is 0 Å². The van der Waals surface area contributed by atoms with Gasteiger partial charge in [0.2, 0.25) is 0 Å². The molecule has 0 aliphatic rings. The van der Waals surface area contributed by atoms with Crippen molar-refractivity contribution >= 4 is 94.9 Å². The Bertz CT molecular complexity index is 3190. The zero-order valence-corrected chi connectivity index (χ0v) is 33.6. The van der Waals surface area contributed by atoms with Gasteiger partial charge in [0.15, 0.2) is 5.58 Å². The minimum atomic E-state index is -1.73. The topological polar surface area (TPSA) is 16.4 Å². The number of rotatable bonds is 8. The summed E-state index contributed by atoms with van der Waals surface area (Å²) in [4.78, 5) is 2.39. The highest BCUT2D eigenvalue weighted by Crippen LogP contribution is 2.47. The van der Waals surface area contributed by atoms with E-state index in [1.165, 1.54) is 58.0 Å². The van der Waals surface area contributed by atoms with Gasteiger partial charge in [0.05, 0.1) is 5.69 Å². The molecule has 2 aromatic heterocycles. The zero-order chi connectivity index (χ0) is 38.4. The van der Waals surface area contributed by atoms with E-state index in [1.54, 1.807) is 0 Å². The van der Waals surface area contributed by atoms with Crippen molar-refractivity contribution in [1.29, 1.82) is 0 Å². The second-order valence-corrected chi connectivity index (χ2v) is 18.7. The van der Waals surface area contributed by atoms with Crippen molar-refractivity contribution in [1.82, 2.24) is 0 Å². The highest BCUT2D eigenvalue weighted by Gasteiger charge is 2.24. The van der Waals surface area contributed by atoms with Crippen LogP contribution in [0, 0.1) is 0 Å². The normalized spacial score (nSPS) is 11.6. The van der Waals surface area contributed by atoms with Gasteiger partial charge in [-0.1, -0.05) is 191 Å². The Morgan fingerprint density at radius 2 is 0.983 bits per heavy atom. The molecule has 9 aromatic carbocycles. The van der Waals surface area contributed by atoms with Crippen LogP contribution in [-0.2, 0) is 0 Å². The van der Waals surface area contributed by atoms with Crippen LogP contribution in [0.25, 0.3) is 64.4 Å². The molecule has 0 fully saturated rings. The van der Waals surface area contributed by atoms with Gasteiger partial charge in [-0.05, 0) is 59.2 Å². The van der Waals surface area contributed by atoms with E-state index in [9.17, 15) is 0 Å². The smallest absolute Gasteiger partial charge is 0.159 e. The molecule has 0 atom stereocenters. The largest absolute Gasteiger partial charge is 0.454 e. The number of hydrogen-bond acceptors (Lipinski definition) is 3. The van der Waals surface area contributed by atoms with Gasteiger partial charge < -0.3 is 9.32 Å². The molecule has 0 unspecified atom stereocenters. The first-order valence-electron chi connectivity index (χ1n) is 19.8. The molecule has 0 amide bonds. The number of anilines is 3. The van der Waals surface area contributed by atoms with Crippen LogP contribution in [0.15, 0.2) is 223 Å². The molecule has 0 aliphatic carbocycles. The molecule has 0 saturated carbocycles. The van der Waals surface area contributed by atoms with E-state index in [4.69, 9.17) is 4.42 Å². The Labute approximate surface area is 343 Å². The SMILES string of the molecule is c1ccc(-c2ccc(N(c3ccc([SiH](c4ccccc4)c4ccccc4)cc3)c3cccc4c3oc3ccccc34)cc2-c2cccc3c2sc2ccccc23)cc1. The van der Waals surface area contributed by atoms with E-state index in [0.717, 1.165) is 39.0 Å². The van der Waals surface area contributed by atoms with Crippen molar-refractivity contribution < 1.29 is 4.42 Å². The van der Waals surface area contributed by atoms with Gasteiger partial charge in [-0.2, -0.15) is 0 Å². The van der Waals surface area contributed by atoms with Crippen molar-refractivity contribution in [2.24, 2.45) is 0 Å². The number of hydrogen-bond donors (Lipinski definition) is 0. The summed E-state index contributed by atoms with van der Waals surface area (Å²) < 4.78 is 9.35. The van der Waals surface area contributed by atoms with Crippen molar-refractivity contribution in [2.45, 2.75) is 0 Å². The minimum absolute atomic E-state index is 0.869. The van der Waals surface area contributed by atoms with Gasteiger partial charge >= 0.3 is 0 Å². The lowest BCUT2D eigenvalue weighted by Crippen LogP contribution is -2.51. The summed E-state index contributed by atoms with van der Waals surface area (Å²) in [7, 11) is -1.73. The zero-order valence-electron chi connectivity index (χ0n) is 31.6. The minimum Gasteiger partial charge on any atom is -0.454 e. The fourth-order valence-corrected chi connectivity index (χ4v) is 12.9. The fourth-order valence-electron chi connectivity index (χ4n) is 8.74. The third-order valence-electron chi connectivity index (χ3n) is 11.4. The Kier molecular flexibility index (Phi) is 8.57. The molecule has 274 valence electrons. The molecule has 0 saturated heterocycles. The molecule has 0 aliphatic heterocycles. The average molecular weight is 776 g/mol. The molecule has 58 heavy (non-hydrogen) atoms. The quantitative estimate of drug-likeness (QED) is 0.113. The number of thiophene rings is 1. The predicted octanol–water partition coefficient (Wildman–Crippen LogP) is 13.0. The Morgan fingerprint density at radius 3 is 1.74 bits per heavy atom. The monoisotopic (exact) mass is 775 g/mol. The van der Waals surface area contributed by atoms with Crippen LogP contribution in [0.4, 0.5) is 17.1 Å². The van der Waals surface area contributed by atoms with Crippen molar-refractivity contribution in [3.8, 4) is 22.3 Å². The molecule has 0 radical (unpaired) electrons. The van der Waals surface area contributed by atoms with Crippen LogP contribution in [0.2, 0.25) is 0 Å². The van der Waals surface area contributed by atoms with Crippen LogP contribution in [0.5, 0.6) is 0 Å². The summed E-state index contributed by atoms with van der Waals surface area (Å²) in [6, 6.07) is 79.5. The summed E-state index contributed by atoms with van der Waals surface area (Å²) in [6.07, 6.45) is 0. The lowest BCUT2D eigenvalue weighted by molar-refractivity contribution is 0.669. The van der Waals surface area contributed by atoms with Crippen LogP contribution < -0.4 is 20.5 Å². The molecule has 0 bridgehead atoms. The number of nitrogens with zero attached hydrogens (tertiary/aromatic N) is 1. The van der Waals surface area contributed by atoms with Crippen LogP contribution in [0.3, 0.4) is 0 Å². The number of para-hydroxylation sites is 2. The standard InChI is InChI=1S/C54H37NOSSi/c1-4-16-37(17-5-1)43-35-32-39(36-49(43)48-26-14-25-47-45-23-11-13-29-52(45)57-54(47)48)55(50-27-15-24-46-44-22-10-12-28-51(44)56-53(46)50)38-30-33-42(34-31-38)58(40-18-6-2-7-19-40)41-20-8-3-9-21-41/h1-36,58H. The van der Waals surface area contributed by atoms with Gasteiger partial charge in [-0.15, -0.1) is 11.3 Å². The van der Waals surface area contributed by atoms with Crippen LogP contribution in [0.1, 0.15) is 0 Å². The van der Waals surface area contributed by atoms with E-state index < -0.39 is 8.80 Å². The van der Waals surface area contributed by atoms with Crippen molar-refractivity contribution in [2.75, 3.05) is 4.90 Å². The van der Waals surface area contributed by atoms with E-state index in [2.05, 4.69) is 217 Å². The fraction of sp³-hybridized carbons (Fsp3) is 0. The summed E-state index contributed by atoms with van der Waals surface area (Å²) in [5.74, 6) is 0. The Hall–Kier alpha value is -6.98. The maximum absolute atomic E-state index is 6.75. The maximum atomic E-state index is 6.75. The highest BCUT2D eigenvalue weighted by molar-refractivity contribution is 7.26. The first-order chi connectivity index (χ1) is 28.8. The third-order valence-corrected chi connectivity index (χ3v) is 15.8. The predicted molar refractivity (Wildman–Crippen MR) is 251 cm³/mol. The second kappa shape index (κ2) is 14.5. The molecule has 2 heterocycles. The second-order valence-electron chi connectivity index (χ2n) is 14.8. The first-order valence-corrected chi connectivity index (χ1v) is 22.3. The van der Waals surface area contributed by atoms with Crippen LogP contribution in [-0.4, -0.2) is 8.80 Å². The summed E-state index contributed by atoms with van der Waals surface area (Å²) in [5, 5.41) is 8.99. The summed E-state index contributed by atoms with van der Waals surface area (Å²) >= 11 is 1.87. The molecule has 0 spiro atoms. The lowest BCUT2D eigenvalue weighted by atomic mass is 9.92. The molecule has 2 nitrogen and oxygen atoms in total. The van der Waals surface area contributed by atoms with Gasteiger partial charge in [-0.25, -0.2) is 0 Å². The van der Waals surface area contributed by atoms with Gasteiger partial charge in [0.1, 0.15) is 14.4 Å². The van der Waals surface area contributed by atoms with Gasteiger partial charge in [0.25, 0.3) is 0 Å². The van der Waals surface area contributed by atoms with Gasteiger partial charge in [0, 0.05) is 47.9 Å². The Balaban J connectivity index is 1.14. The van der Waals surface area contributed by atoms with Crippen LogP contribution >= 0.6 is 11.3 Å². The molecule has 11 aromatic rings. The molecule has 0 N–H and O–H groups in total. The lowest BCUT2D eigenvalue weighted by Gasteiger charge is -2.27. The van der Waals surface area contributed by atoms with E-state index in [1.807, 2.05) is 17.4 Å². The molecular formula is C54H37NOSSi. The first kappa shape index (κ1) is 34.3. The van der Waals surface area contributed by atoms with Gasteiger partial charge in [-0.3, -0.25) is 0 Å². The Morgan fingerprint density at radius 1 is 0.397 bits per heavy atom. The summed E-state index contributed by atoms with van der Waals surface area (Å²) in [6.45, 7) is 0. The number of benzene rings is 9.